The molecule has 4 unspecified atom stereocenters. The highest BCUT2D eigenvalue weighted by molar-refractivity contribution is 5.75. The van der Waals surface area contributed by atoms with E-state index in [2.05, 4.69) is 6.92 Å². The number of hydrogen-bond acceptors (Lipinski definition) is 3. The molecule has 3 heteroatoms. The number of hydrogen-bond donors (Lipinski definition) is 0. The molecule has 0 radical (unpaired) electrons. The van der Waals surface area contributed by atoms with Crippen LogP contribution in [-0.2, 0) is 4.79 Å². The average Bonchev–Trinajstić information content (AvgIpc) is 2.74. The second kappa shape index (κ2) is 8.88. The van der Waals surface area contributed by atoms with E-state index < -0.39 is 0 Å². The number of methoxy groups -OCH3 is 1. The van der Waals surface area contributed by atoms with Crippen molar-refractivity contribution in [3.63, 3.8) is 0 Å². The third-order valence-electron chi connectivity index (χ3n) is 8.00. The zero-order valence-corrected chi connectivity index (χ0v) is 17.6. The van der Waals surface area contributed by atoms with E-state index in [0.29, 0.717) is 11.7 Å². The number of carbonyl (C=O) groups is 1. The Morgan fingerprint density at radius 2 is 1.50 bits per heavy atom. The molecule has 0 N–H and O–H groups in total. The smallest absolute Gasteiger partial charge is 0.314 e. The van der Waals surface area contributed by atoms with Gasteiger partial charge in [-0.3, -0.25) is 4.79 Å². The van der Waals surface area contributed by atoms with Crippen LogP contribution in [0.1, 0.15) is 71.1 Å². The Hall–Kier alpha value is -1.51. The van der Waals surface area contributed by atoms with Gasteiger partial charge in [-0.2, -0.15) is 0 Å². The molecule has 1 aromatic rings. The maximum Gasteiger partial charge on any atom is 0.314 e. The molecule has 0 spiro atoms. The molecule has 3 aliphatic carbocycles. The van der Waals surface area contributed by atoms with Crippen LogP contribution in [0.15, 0.2) is 24.3 Å². The minimum absolute atomic E-state index is 0.00944. The van der Waals surface area contributed by atoms with Gasteiger partial charge in [0, 0.05) is 0 Å². The van der Waals surface area contributed by atoms with Crippen LogP contribution in [-0.4, -0.2) is 13.1 Å². The third kappa shape index (κ3) is 4.39. The van der Waals surface area contributed by atoms with Crippen LogP contribution in [0.2, 0.25) is 0 Å². The van der Waals surface area contributed by atoms with E-state index in [1.807, 2.05) is 24.3 Å². The minimum atomic E-state index is -0.00944. The van der Waals surface area contributed by atoms with Crippen LogP contribution in [0.3, 0.4) is 0 Å². The van der Waals surface area contributed by atoms with Gasteiger partial charge in [-0.25, -0.2) is 0 Å². The molecule has 4 rings (SSSR count). The van der Waals surface area contributed by atoms with Crippen LogP contribution in [0.4, 0.5) is 0 Å². The van der Waals surface area contributed by atoms with Gasteiger partial charge in [-0.05, 0) is 92.4 Å². The lowest BCUT2D eigenvalue weighted by atomic mass is 9.59. The van der Waals surface area contributed by atoms with E-state index in [-0.39, 0.29) is 11.9 Å². The highest BCUT2D eigenvalue weighted by Crippen LogP contribution is 2.50. The maximum atomic E-state index is 12.9. The molecule has 3 fully saturated rings. The van der Waals surface area contributed by atoms with Gasteiger partial charge in [0.25, 0.3) is 0 Å². The van der Waals surface area contributed by atoms with Gasteiger partial charge in [0.05, 0.1) is 13.0 Å². The van der Waals surface area contributed by atoms with Crippen molar-refractivity contribution in [1.82, 2.24) is 0 Å². The highest BCUT2D eigenvalue weighted by atomic mass is 16.5. The molecule has 3 aliphatic rings. The monoisotopic (exact) mass is 384 g/mol. The van der Waals surface area contributed by atoms with Crippen molar-refractivity contribution in [1.29, 1.82) is 0 Å². The predicted octanol–water partition coefficient (Wildman–Crippen LogP) is 6.26. The second-order valence-corrected chi connectivity index (χ2v) is 9.65. The van der Waals surface area contributed by atoms with E-state index >= 15 is 0 Å². The summed E-state index contributed by atoms with van der Waals surface area (Å²) in [5.74, 6) is 5.57. The maximum absolute atomic E-state index is 12.9. The lowest BCUT2D eigenvalue weighted by molar-refractivity contribution is -0.144. The Labute approximate surface area is 170 Å². The van der Waals surface area contributed by atoms with Crippen LogP contribution >= 0.6 is 0 Å². The Balaban J connectivity index is 1.35. The van der Waals surface area contributed by atoms with Crippen LogP contribution < -0.4 is 9.47 Å². The minimum Gasteiger partial charge on any atom is -0.497 e. The van der Waals surface area contributed by atoms with E-state index in [9.17, 15) is 4.79 Å². The predicted molar refractivity (Wildman–Crippen MR) is 111 cm³/mol. The highest BCUT2D eigenvalue weighted by Gasteiger charge is 2.43. The normalized spacial score (nSPS) is 35.6. The number of benzene rings is 1. The summed E-state index contributed by atoms with van der Waals surface area (Å²) in [6, 6.07) is 7.36. The van der Waals surface area contributed by atoms with Gasteiger partial charge in [0.1, 0.15) is 11.5 Å². The fraction of sp³-hybridized carbons (Fsp3) is 0.720. The fourth-order valence-corrected chi connectivity index (χ4v) is 6.31. The first kappa shape index (κ1) is 19.8. The summed E-state index contributed by atoms with van der Waals surface area (Å²) in [5, 5.41) is 0. The van der Waals surface area contributed by atoms with Crippen LogP contribution in [0.25, 0.3) is 0 Å². The molecule has 0 heterocycles. The lowest BCUT2D eigenvalue weighted by Crippen LogP contribution is -2.40. The van der Waals surface area contributed by atoms with Crippen molar-refractivity contribution in [3.8, 4) is 11.5 Å². The number of esters is 1. The number of rotatable bonds is 4. The molecular weight excluding hydrogens is 348 g/mol. The number of ether oxygens (including phenoxy) is 2. The van der Waals surface area contributed by atoms with Gasteiger partial charge >= 0.3 is 5.97 Å². The number of carbonyl (C=O) groups excluding carboxylic acids is 1. The topological polar surface area (TPSA) is 35.5 Å². The summed E-state index contributed by atoms with van der Waals surface area (Å²) in [4.78, 5) is 12.9. The molecule has 3 saturated carbocycles. The molecule has 3 nitrogen and oxygen atoms in total. The van der Waals surface area contributed by atoms with Crippen molar-refractivity contribution in [2.75, 3.05) is 7.11 Å². The van der Waals surface area contributed by atoms with Crippen molar-refractivity contribution >= 4 is 5.97 Å². The van der Waals surface area contributed by atoms with Gasteiger partial charge in [0.15, 0.2) is 0 Å². The molecule has 0 aromatic heterocycles. The first-order valence-corrected chi connectivity index (χ1v) is 11.5. The Bertz CT molecular complexity index is 644. The summed E-state index contributed by atoms with van der Waals surface area (Å²) >= 11 is 0. The molecule has 0 saturated heterocycles. The second-order valence-electron chi connectivity index (χ2n) is 9.65. The largest absolute Gasteiger partial charge is 0.497 e. The number of fused-ring (bicyclic) bond motifs is 1. The molecule has 28 heavy (non-hydrogen) atoms. The van der Waals surface area contributed by atoms with Crippen molar-refractivity contribution < 1.29 is 14.3 Å². The molecule has 4 atom stereocenters. The van der Waals surface area contributed by atoms with E-state index in [0.717, 1.165) is 35.8 Å². The first-order chi connectivity index (χ1) is 13.6. The molecule has 0 aliphatic heterocycles. The van der Waals surface area contributed by atoms with Gasteiger partial charge in [-0.1, -0.05) is 32.6 Å². The quantitative estimate of drug-likeness (QED) is 0.454. The third-order valence-corrected chi connectivity index (χ3v) is 8.00. The molecule has 0 amide bonds. The Morgan fingerprint density at radius 1 is 0.821 bits per heavy atom. The van der Waals surface area contributed by atoms with Gasteiger partial charge < -0.3 is 9.47 Å². The Morgan fingerprint density at radius 3 is 2.21 bits per heavy atom. The van der Waals surface area contributed by atoms with Crippen molar-refractivity contribution in [2.24, 2.45) is 35.5 Å². The average molecular weight is 385 g/mol. The zero-order chi connectivity index (χ0) is 19.5. The SMILES string of the molecule is COc1ccc(OC(=O)C2CCCC3CC(C4CCC(C)CC4)CCC32)cc1. The standard InChI is InChI=1S/C25H36O3/c1-17-6-8-18(9-7-17)19-10-15-23-20(16-19)4-3-5-24(23)25(26)28-22-13-11-21(27-2)12-14-22/h11-14,17-20,23-24H,3-10,15-16H2,1-2H3. The first-order valence-electron chi connectivity index (χ1n) is 11.5. The van der Waals surface area contributed by atoms with Crippen LogP contribution in [0.5, 0.6) is 11.5 Å². The fourth-order valence-electron chi connectivity index (χ4n) is 6.31. The van der Waals surface area contributed by atoms with Gasteiger partial charge in [-0.15, -0.1) is 0 Å². The summed E-state index contributed by atoms with van der Waals surface area (Å²) < 4.78 is 10.9. The Kier molecular flexibility index (Phi) is 6.28. The van der Waals surface area contributed by atoms with Crippen LogP contribution in [0, 0.1) is 35.5 Å². The summed E-state index contributed by atoms with van der Waals surface area (Å²) in [6.07, 6.45) is 13.1. The van der Waals surface area contributed by atoms with E-state index in [1.165, 1.54) is 57.8 Å². The summed E-state index contributed by atoms with van der Waals surface area (Å²) in [6.45, 7) is 2.41. The molecular formula is C25H36O3. The summed E-state index contributed by atoms with van der Waals surface area (Å²) in [7, 11) is 1.65. The van der Waals surface area contributed by atoms with Gasteiger partial charge in [0.2, 0.25) is 0 Å². The van der Waals surface area contributed by atoms with E-state index in [4.69, 9.17) is 9.47 Å². The van der Waals surface area contributed by atoms with Crippen molar-refractivity contribution in [3.05, 3.63) is 24.3 Å². The van der Waals surface area contributed by atoms with Crippen molar-refractivity contribution in [2.45, 2.75) is 71.1 Å². The molecule has 154 valence electrons. The zero-order valence-electron chi connectivity index (χ0n) is 17.6. The van der Waals surface area contributed by atoms with E-state index in [1.54, 1.807) is 7.11 Å². The lowest BCUT2D eigenvalue weighted by Gasteiger charge is -2.45. The molecule has 0 bridgehead atoms. The molecule has 1 aromatic carbocycles. The summed E-state index contributed by atoms with van der Waals surface area (Å²) in [5.41, 5.74) is 0.